The third-order valence-corrected chi connectivity index (χ3v) is 5.63. The van der Waals surface area contributed by atoms with Crippen LogP contribution in [0.3, 0.4) is 0 Å². The van der Waals surface area contributed by atoms with Crippen LogP contribution in [0.5, 0.6) is 0 Å². The van der Waals surface area contributed by atoms with Gasteiger partial charge in [0.25, 0.3) is 5.91 Å². The second-order valence-electron chi connectivity index (χ2n) is 6.44. The Morgan fingerprint density at radius 1 is 1.33 bits per heavy atom. The molecule has 0 spiro atoms. The van der Waals surface area contributed by atoms with Gasteiger partial charge >= 0.3 is 0 Å². The Kier molecular flexibility index (Phi) is 5.31. The van der Waals surface area contributed by atoms with Gasteiger partial charge in [0.2, 0.25) is 0 Å². The Bertz CT molecular complexity index is 707. The van der Waals surface area contributed by atoms with E-state index in [1.165, 1.54) is 4.88 Å². The maximum Gasteiger partial charge on any atom is 0.253 e. The average Bonchev–Trinajstić information content (AvgIpc) is 2.93. The average molecular weight is 344 g/mol. The molecule has 0 radical (unpaired) electrons. The number of ether oxygens (including phenoxy) is 1. The molecule has 1 amide bonds. The van der Waals surface area contributed by atoms with Gasteiger partial charge in [-0.25, -0.2) is 4.98 Å². The number of rotatable bonds is 4. The van der Waals surface area contributed by atoms with Crippen LogP contribution in [0.25, 0.3) is 10.4 Å². The number of amides is 1. The maximum absolute atomic E-state index is 12.7. The molecule has 24 heavy (non-hydrogen) atoms. The van der Waals surface area contributed by atoms with Crippen LogP contribution < -0.4 is 0 Å². The van der Waals surface area contributed by atoms with Crippen LogP contribution in [0, 0.1) is 19.8 Å². The minimum absolute atomic E-state index is 0.125. The van der Waals surface area contributed by atoms with Crippen molar-refractivity contribution in [2.24, 2.45) is 5.92 Å². The molecule has 1 saturated heterocycles. The highest BCUT2D eigenvalue weighted by Crippen LogP contribution is 2.30. The molecule has 0 N–H and O–H groups in total. The molecular formula is C19H24N2O2S. The fourth-order valence-corrected chi connectivity index (χ4v) is 4.29. The van der Waals surface area contributed by atoms with Crippen LogP contribution in [-0.4, -0.2) is 42.6 Å². The number of likely N-dealkylation sites (tertiary alicyclic amines) is 1. The first-order valence-electron chi connectivity index (χ1n) is 8.41. The standard InChI is InChI=1S/C19H24N2O2S/c1-13-18(24-14(2)20-13)16-6-8-17(9-7-16)19(22)21-10-4-5-15(11-21)12-23-3/h6-9,15H,4-5,10-12H2,1-3H3/t15-/m0/s1. The lowest BCUT2D eigenvalue weighted by Gasteiger charge is -2.32. The lowest BCUT2D eigenvalue weighted by Crippen LogP contribution is -2.41. The molecule has 4 nitrogen and oxygen atoms in total. The molecule has 5 heteroatoms. The molecule has 128 valence electrons. The van der Waals surface area contributed by atoms with Crippen molar-refractivity contribution in [2.75, 3.05) is 26.8 Å². The molecule has 0 unspecified atom stereocenters. The summed E-state index contributed by atoms with van der Waals surface area (Å²) in [6, 6.07) is 7.94. The fourth-order valence-electron chi connectivity index (χ4n) is 3.37. The molecule has 2 aromatic rings. The first-order chi connectivity index (χ1) is 11.6. The number of aryl methyl sites for hydroxylation is 2. The number of carbonyl (C=O) groups excluding carboxylic acids is 1. The van der Waals surface area contributed by atoms with E-state index < -0.39 is 0 Å². The molecule has 0 saturated carbocycles. The third-order valence-electron chi connectivity index (χ3n) is 4.51. The summed E-state index contributed by atoms with van der Waals surface area (Å²) >= 11 is 1.70. The van der Waals surface area contributed by atoms with E-state index in [4.69, 9.17) is 4.74 Å². The van der Waals surface area contributed by atoms with Gasteiger partial charge in [-0.1, -0.05) is 12.1 Å². The highest BCUT2D eigenvalue weighted by Gasteiger charge is 2.24. The van der Waals surface area contributed by atoms with Gasteiger partial charge in [-0.3, -0.25) is 4.79 Å². The predicted octanol–water partition coefficient (Wildman–Crippen LogP) is 3.93. The van der Waals surface area contributed by atoms with Crippen LogP contribution >= 0.6 is 11.3 Å². The zero-order valence-electron chi connectivity index (χ0n) is 14.5. The van der Waals surface area contributed by atoms with E-state index in [0.717, 1.165) is 54.4 Å². The molecule has 3 rings (SSSR count). The number of aromatic nitrogens is 1. The van der Waals surface area contributed by atoms with E-state index in [1.54, 1.807) is 18.4 Å². The highest BCUT2D eigenvalue weighted by atomic mass is 32.1. The number of hydrogen-bond donors (Lipinski definition) is 0. The van der Waals surface area contributed by atoms with Crippen LogP contribution in [0.15, 0.2) is 24.3 Å². The molecule has 0 bridgehead atoms. The largest absolute Gasteiger partial charge is 0.384 e. The van der Waals surface area contributed by atoms with Gasteiger partial charge in [-0.15, -0.1) is 11.3 Å². The van der Waals surface area contributed by atoms with Crippen molar-refractivity contribution in [3.8, 4) is 10.4 Å². The molecule has 1 aromatic heterocycles. The summed E-state index contributed by atoms with van der Waals surface area (Å²) in [4.78, 5) is 20.4. The van der Waals surface area contributed by atoms with Crippen molar-refractivity contribution in [1.82, 2.24) is 9.88 Å². The zero-order chi connectivity index (χ0) is 17.1. The van der Waals surface area contributed by atoms with Gasteiger partial charge in [0.05, 0.1) is 22.2 Å². The van der Waals surface area contributed by atoms with E-state index in [0.29, 0.717) is 5.92 Å². The Balaban J connectivity index is 1.73. The van der Waals surface area contributed by atoms with Crippen molar-refractivity contribution in [1.29, 1.82) is 0 Å². The summed E-state index contributed by atoms with van der Waals surface area (Å²) in [6.07, 6.45) is 2.19. The minimum atomic E-state index is 0.125. The zero-order valence-corrected chi connectivity index (χ0v) is 15.4. The summed E-state index contributed by atoms with van der Waals surface area (Å²) in [7, 11) is 1.72. The Morgan fingerprint density at radius 3 is 2.71 bits per heavy atom. The normalized spacial score (nSPS) is 18.0. The number of carbonyl (C=O) groups is 1. The molecule has 1 aliphatic rings. The van der Waals surface area contributed by atoms with Gasteiger partial charge in [-0.05, 0) is 50.3 Å². The Morgan fingerprint density at radius 2 is 2.08 bits per heavy atom. The van der Waals surface area contributed by atoms with Gasteiger partial charge in [0, 0.05) is 25.8 Å². The quantitative estimate of drug-likeness (QED) is 0.844. The van der Waals surface area contributed by atoms with Gasteiger partial charge < -0.3 is 9.64 Å². The minimum Gasteiger partial charge on any atom is -0.384 e. The summed E-state index contributed by atoms with van der Waals surface area (Å²) in [5.41, 5.74) is 2.94. The van der Waals surface area contributed by atoms with Crippen molar-refractivity contribution in [2.45, 2.75) is 26.7 Å². The number of thiazole rings is 1. The van der Waals surface area contributed by atoms with Gasteiger partial charge in [-0.2, -0.15) is 0 Å². The molecule has 1 aliphatic heterocycles. The third kappa shape index (κ3) is 3.68. The van der Waals surface area contributed by atoms with Crippen LogP contribution in [0.2, 0.25) is 0 Å². The van der Waals surface area contributed by atoms with Gasteiger partial charge in [0.1, 0.15) is 0 Å². The molecule has 1 fully saturated rings. The van der Waals surface area contributed by atoms with E-state index in [-0.39, 0.29) is 5.91 Å². The first-order valence-corrected chi connectivity index (χ1v) is 9.23. The topological polar surface area (TPSA) is 42.4 Å². The van der Waals surface area contributed by atoms with Crippen molar-refractivity contribution in [3.05, 3.63) is 40.5 Å². The van der Waals surface area contributed by atoms with Crippen LogP contribution in [0.1, 0.15) is 33.9 Å². The molecule has 0 aliphatic carbocycles. The maximum atomic E-state index is 12.7. The Hall–Kier alpha value is -1.72. The van der Waals surface area contributed by atoms with Crippen molar-refractivity contribution < 1.29 is 9.53 Å². The molecular weight excluding hydrogens is 320 g/mol. The molecule has 2 heterocycles. The summed E-state index contributed by atoms with van der Waals surface area (Å²) in [5.74, 6) is 0.578. The smallest absolute Gasteiger partial charge is 0.253 e. The first kappa shape index (κ1) is 17.1. The summed E-state index contributed by atoms with van der Waals surface area (Å²) in [6.45, 7) is 6.41. The summed E-state index contributed by atoms with van der Waals surface area (Å²) in [5, 5.41) is 1.07. The monoisotopic (exact) mass is 344 g/mol. The molecule has 1 aromatic carbocycles. The van der Waals surface area contributed by atoms with Crippen LogP contribution in [0.4, 0.5) is 0 Å². The second-order valence-corrected chi connectivity index (χ2v) is 7.64. The SMILES string of the molecule is COC[C@H]1CCCN(C(=O)c2ccc(-c3sc(C)nc3C)cc2)C1. The fraction of sp³-hybridized carbons (Fsp3) is 0.474. The number of nitrogens with zero attached hydrogens (tertiary/aromatic N) is 2. The van der Waals surface area contributed by atoms with E-state index in [1.807, 2.05) is 43.0 Å². The van der Waals surface area contributed by atoms with Crippen molar-refractivity contribution in [3.63, 3.8) is 0 Å². The van der Waals surface area contributed by atoms with E-state index in [9.17, 15) is 4.79 Å². The highest BCUT2D eigenvalue weighted by molar-refractivity contribution is 7.15. The second kappa shape index (κ2) is 7.45. The number of benzene rings is 1. The van der Waals surface area contributed by atoms with Crippen molar-refractivity contribution >= 4 is 17.2 Å². The van der Waals surface area contributed by atoms with Gasteiger partial charge in [0.15, 0.2) is 0 Å². The molecule has 1 atom stereocenters. The number of methoxy groups -OCH3 is 1. The number of hydrogen-bond acceptors (Lipinski definition) is 4. The Labute approximate surface area is 147 Å². The number of piperidine rings is 1. The predicted molar refractivity (Wildman–Crippen MR) is 97.5 cm³/mol. The van der Waals surface area contributed by atoms with E-state index in [2.05, 4.69) is 4.98 Å². The summed E-state index contributed by atoms with van der Waals surface area (Å²) < 4.78 is 5.25. The lowest BCUT2D eigenvalue weighted by atomic mass is 9.98. The van der Waals surface area contributed by atoms with E-state index >= 15 is 0 Å². The lowest BCUT2D eigenvalue weighted by molar-refractivity contribution is 0.0571. The van der Waals surface area contributed by atoms with Crippen LogP contribution in [-0.2, 0) is 4.74 Å².